The van der Waals surface area contributed by atoms with Gasteiger partial charge in [-0.1, -0.05) is 97.1 Å². The molecule has 450 valence electrons. The molecule has 0 amide bonds. The first-order chi connectivity index (χ1) is 36.6. The molecule has 7 unspecified atom stereocenters. The second kappa shape index (κ2) is 36.0. The molecule has 1 fully saturated rings. The third-order valence-corrected chi connectivity index (χ3v) is 15.7. The zero-order chi connectivity index (χ0) is 58.9. The van der Waals surface area contributed by atoms with Crippen LogP contribution in [-0.2, 0) is 23.8 Å². The molecule has 19 atom stereocenters. The van der Waals surface area contributed by atoms with Gasteiger partial charge in [-0.3, -0.25) is 9.79 Å². The standard InChI is InChI=1S/C59H104N4O15/c1-35(2)53(60)57(74)76-45-29-43(64)28-44(65)30-48(67)36(3)21-18-23-40(7)54(39(6)20-16-14-12-13-15-17-27-63-58(61-10)62-11)77-56(73)41(8)24-19-22-37(4)49(68)33-50(69)42(9)47(66)26-25-38(5)52(71)34-59(75)55(72)51(70)32-46(31-45)78-59/h12-13,18-19,21-24,35,37-40,42-55,64-72,75H,14-17,20,25-34,60H2,1-11H3,(H2,61,62,63)/t37?,38-,39-,40?,42?,43+,44+,45-,46-,47?,48-,49?,50?,51+,52-,53?,54-,55-,59+/m0/s1. The number of rotatable bonds is 12. The quantitative estimate of drug-likeness (QED) is 0.0429. The molecule has 2 heterocycles. The molecule has 2 bridgehead atoms. The number of aliphatic hydroxyl groups excluding tert-OH is 9. The monoisotopic (exact) mass is 1110 g/mol. The highest BCUT2D eigenvalue weighted by Crippen LogP contribution is 2.36. The van der Waals surface area contributed by atoms with Crippen molar-refractivity contribution in [1.82, 2.24) is 10.6 Å². The number of hydrogen-bond acceptors (Lipinski definition) is 17. The third-order valence-electron chi connectivity index (χ3n) is 15.7. The van der Waals surface area contributed by atoms with Crippen molar-refractivity contribution in [1.29, 1.82) is 0 Å². The highest BCUT2D eigenvalue weighted by molar-refractivity contribution is 5.88. The molecule has 1 saturated heterocycles. The average molecular weight is 1110 g/mol. The molecule has 0 aliphatic carbocycles. The number of carbonyl (C=O) groups is 2. The summed E-state index contributed by atoms with van der Waals surface area (Å²) in [6.45, 7) is 16.7. The van der Waals surface area contributed by atoms with E-state index in [1.807, 2.05) is 20.0 Å². The lowest BCUT2D eigenvalue weighted by Crippen LogP contribution is -2.60. The van der Waals surface area contributed by atoms with Crippen LogP contribution >= 0.6 is 0 Å². The van der Waals surface area contributed by atoms with Gasteiger partial charge in [0.1, 0.15) is 24.4 Å². The van der Waals surface area contributed by atoms with Crippen LogP contribution in [0.3, 0.4) is 0 Å². The van der Waals surface area contributed by atoms with Crippen molar-refractivity contribution in [2.45, 2.75) is 237 Å². The maximum Gasteiger partial charge on any atom is 0.334 e. The van der Waals surface area contributed by atoms with Crippen molar-refractivity contribution in [3.05, 3.63) is 59.8 Å². The molecule has 0 aromatic rings. The summed E-state index contributed by atoms with van der Waals surface area (Å²) in [7, 11) is 3.54. The van der Waals surface area contributed by atoms with Gasteiger partial charge in [0.25, 0.3) is 0 Å². The molecular formula is C59H104N4O15. The van der Waals surface area contributed by atoms with Gasteiger partial charge >= 0.3 is 11.9 Å². The molecule has 2 aliphatic rings. The van der Waals surface area contributed by atoms with Crippen molar-refractivity contribution in [2.75, 3.05) is 20.6 Å². The van der Waals surface area contributed by atoms with Crippen LogP contribution in [0.1, 0.15) is 152 Å². The Hall–Kier alpha value is -3.57. The highest BCUT2D eigenvalue weighted by atomic mass is 16.7. The van der Waals surface area contributed by atoms with Crippen LogP contribution in [0.25, 0.3) is 0 Å². The van der Waals surface area contributed by atoms with Crippen molar-refractivity contribution in [3.8, 4) is 0 Å². The lowest BCUT2D eigenvalue weighted by atomic mass is 9.84. The fraction of sp³-hybridized carbons (Fsp3) is 0.780. The number of guanidine groups is 1. The fourth-order valence-corrected chi connectivity index (χ4v) is 9.79. The van der Waals surface area contributed by atoms with E-state index in [0.29, 0.717) is 11.1 Å². The molecule has 0 radical (unpaired) electrons. The molecule has 14 N–H and O–H groups in total. The fourth-order valence-electron chi connectivity index (χ4n) is 9.79. The minimum absolute atomic E-state index is 0.0395. The summed E-state index contributed by atoms with van der Waals surface area (Å²) in [6.07, 6.45) is 3.86. The molecular weight excluding hydrogens is 1000 g/mol. The molecule has 19 nitrogen and oxygen atoms in total. The van der Waals surface area contributed by atoms with E-state index in [9.17, 15) is 60.7 Å². The number of esters is 2. The summed E-state index contributed by atoms with van der Waals surface area (Å²) in [5, 5.41) is 118. The number of cyclic esters (lactones) is 1. The van der Waals surface area contributed by atoms with Crippen LogP contribution < -0.4 is 16.4 Å². The van der Waals surface area contributed by atoms with Crippen LogP contribution in [0.2, 0.25) is 0 Å². The predicted molar refractivity (Wildman–Crippen MR) is 302 cm³/mol. The maximum atomic E-state index is 13.7. The Bertz CT molecular complexity index is 1930. The first-order valence-corrected chi connectivity index (χ1v) is 28.6. The summed E-state index contributed by atoms with van der Waals surface area (Å²) >= 11 is 0. The number of nitrogens with one attached hydrogen (secondary N) is 2. The number of unbranched alkanes of at least 4 members (excludes halogenated alkanes) is 2. The third kappa shape index (κ3) is 25.1. The Morgan fingerprint density at radius 1 is 0.808 bits per heavy atom. The Morgan fingerprint density at radius 3 is 2.08 bits per heavy atom. The van der Waals surface area contributed by atoms with E-state index in [4.69, 9.17) is 19.9 Å². The number of hydrogen-bond donors (Lipinski definition) is 13. The predicted octanol–water partition coefficient (Wildman–Crippen LogP) is 4.14. The minimum atomic E-state index is -2.46. The number of ether oxygens (including phenoxy) is 3. The molecule has 2 rings (SSSR count). The Kier molecular flexibility index (Phi) is 32.6. The summed E-state index contributed by atoms with van der Waals surface area (Å²) in [5.74, 6) is -5.29. The van der Waals surface area contributed by atoms with Crippen molar-refractivity contribution in [3.63, 3.8) is 0 Å². The SMILES string of the molecule is CN=C(NC)NCCCC=CCCC[C@H](C)[C@@H]1OC(=O)C(C)=CC=CC(C)C(O)CC(O)C(C)C(O)CC[C@H](C)[C@@H](O)C[C@@]2(O)O[C@@H](C[C@@H](OC(=O)C(N)C(C)C)C[C@H](O)C[C@@H](O)C[C@H](O)C(C)=CC=CC1C)C[C@@H](O)[C@@H]2O. The number of allylic oxidation sites excluding steroid dienone is 6. The molecule has 78 heavy (non-hydrogen) atoms. The van der Waals surface area contributed by atoms with E-state index in [1.165, 1.54) is 0 Å². The van der Waals surface area contributed by atoms with Crippen LogP contribution in [0.4, 0.5) is 0 Å². The van der Waals surface area contributed by atoms with Gasteiger partial charge in [-0.25, -0.2) is 4.79 Å². The lowest BCUT2D eigenvalue weighted by Gasteiger charge is -2.45. The molecule has 0 spiro atoms. The van der Waals surface area contributed by atoms with Gasteiger partial charge in [0.05, 0.1) is 54.9 Å². The van der Waals surface area contributed by atoms with E-state index in [1.54, 1.807) is 85.9 Å². The topological polar surface area (TPSA) is 327 Å². The van der Waals surface area contributed by atoms with Crippen LogP contribution in [-0.4, -0.2) is 175 Å². The van der Waals surface area contributed by atoms with Crippen LogP contribution in [0.15, 0.2) is 64.7 Å². The van der Waals surface area contributed by atoms with Gasteiger partial charge in [-0.15, -0.1) is 0 Å². The first-order valence-electron chi connectivity index (χ1n) is 28.6. The molecule has 2 aliphatic heterocycles. The number of nitrogens with two attached hydrogens (primary N) is 1. The summed E-state index contributed by atoms with van der Waals surface area (Å²) in [5.41, 5.74) is 6.98. The first kappa shape index (κ1) is 70.5. The molecule has 0 aromatic carbocycles. The van der Waals surface area contributed by atoms with Crippen LogP contribution in [0.5, 0.6) is 0 Å². The summed E-state index contributed by atoms with van der Waals surface area (Å²) < 4.78 is 18.0. The maximum absolute atomic E-state index is 13.7. The van der Waals surface area contributed by atoms with Gasteiger partial charge < -0.3 is 81.6 Å². The smallest absolute Gasteiger partial charge is 0.334 e. The number of aliphatic imine (C=N–C) groups is 1. The Labute approximate surface area is 465 Å². The van der Waals surface area contributed by atoms with Gasteiger partial charge in [0.2, 0.25) is 0 Å². The van der Waals surface area contributed by atoms with Crippen molar-refractivity contribution < 1.29 is 74.9 Å². The van der Waals surface area contributed by atoms with Gasteiger partial charge in [-0.05, 0) is 88.5 Å². The van der Waals surface area contributed by atoms with E-state index < -0.39 is 121 Å². The Balaban J connectivity index is 2.45. The largest absolute Gasteiger partial charge is 0.461 e. The highest BCUT2D eigenvalue weighted by Gasteiger charge is 2.50. The van der Waals surface area contributed by atoms with E-state index in [-0.39, 0.29) is 69.1 Å². The zero-order valence-corrected chi connectivity index (χ0v) is 48.7. The molecule has 0 saturated carbocycles. The van der Waals surface area contributed by atoms with E-state index >= 15 is 0 Å². The van der Waals surface area contributed by atoms with Gasteiger partial charge in [0.15, 0.2) is 11.7 Å². The van der Waals surface area contributed by atoms with E-state index in [2.05, 4.69) is 34.7 Å². The number of carbonyl (C=O) groups excluding carboxylic acids is 2. The average Bonchev–Trinajstić information content (AvgIpc) is 3.40. The van der Waals surface area contributed by atoms with Crippen molar-refractivity contribution >= 4 is 17.9 Å². The normalized spacial score (nSPS) is 35.7. The van der Waals surface area contributed by atoms with Crippen molar-refractivity contribution in [2.24, 2.45) is 46.2 Å². The Morgan fingerprint density at radius 2 is 1.44 bits per heavy atom. The van der Waals surface area contributed by atoms with Gasteiger partial charge in [-0.2, -0.15) is 0 Å². The van der Waals surface area contributed by atoms with Crippen LogP contribution in [0, 0.1) is 35.5 Å². The minimum Gasteiger partial charge on any atom is -0.461 e. The lowest BCUT2D eigenvalue weighted by molar-refractivity contribution is -0.333. The summed E-state index contributed by atoms with van der Waals surface area (Å²) in [6, 6.07) is -1.02. The number of aliphatic hydroxyl groups is 10. The molecule has 19 heteroatoms. The number of fused-ring (bicyclic) bond motifs is 2. The zero-order valence-electron chi connectivity index (χ0n) is 48.7. The second-order valence-corrected chi connectivity index (χ2v) is 22.9. The van der Waals surface area contributed by atoms with Gasteiger partial charge in [0, 0.05) is 82.5 Å². The second-order valence-electron chi connectivity index (χ2n) is 22.9. The summed E-state index contributed by atoms with van der Waals surface area (Å²) in [4.78, 5) is 31.0. The number of nitrogens with zero attached hydrogens (tertiary/aromatic N) is 1. The molecule has 0 aromatic heterocycles. The van der Waals surface area contributed by atoms with E-state index in [0.717, 1.165) is 44.6 Å².